The molecule has 6 nitrogen and oxygen atoms in total. The lowest BCUT2D eigenvalue weighted by molar-refractivity contribution is -0.121. The van der Waals surface area contributed by atoms with Crippen molar-refractivity contribution in [3.63, 3.8) is 0 Å². The Hall–Kier alpha value is -2.93. The molecule has 0 aliphatic heterocycles. The predicted octanol–water partition coefficient (Wildman–Crippen LogP) is 3.00. The highest BCUT2D eigenvalue weighted by Gasteiger charge is 2.12. The van der Waals surface area contributed by atoms with Crippen molar-refractivity contribution in [3.05, 3.63) is 72.0 Å². The number of fused-ring (bicyclic) bond motifs is 1. The Balaban J connectivity index is 1.39. The van der Waals surface area contributed by atoms with Crippen LogP contribution >= 0.6 is 11.3 Å². The van der Waals surface area contributed by atoms with Crippen LogP contribution < -0.4 is 5.32 Å². The minimum Gasteiger partial charge on any atom is -0.349 e. The van der Waals surface area contributed by atoms with Crippen molar-refractivity contribution in [2.45, 2.75) is 19.4 Å². The van der Waals surface area contributed by atoms with Crippen LogP contribution in [0, 0.1) is 0 Å². The van der Waals surface area contributed by atoms with Crippen molar-refractivity contribution < 1.29 is 4.79 Å². The molecule has 1 aromatic carbocycles. The summed E-state index contributed by atoms with van der Waals surface area (Å²) in [5, 5.41) is 5.01. The molecule has 0 saturated carbocycles. The van der Waals surface area contributed by atoms with Gasteiger partial charge in [-0.25, -0.2) is 9.97 Å². The predicted molar refractivity (Wildman–Crippen MR) is 96.9 cm³/mol. The van der Waals surface area contributed by atoms with E-state index in [0.29, 0.717) is 0 Å². The summed E-state index contributed by atoms with van der Waals surface area (Å²) < 4.78 is 3.88. The normalized spacial score (nSPS) is 12.4. The Kier molecular flexibility index (Phi) is 4.07. The molecule has 1 atom stereocenters. The van der Waals surface area contributed by atoms with Crippen LogP contribution in [0.1, 0.15) is 24.2 Å². The van der Waals surface area contributed by atoms with Crippen LogP contribution in [0.15, 0.2) is 60.8 Å². The van der Waals surface area contributed by atoms with E-state index >= 15 is 0 Å². The zero-order chi connectivity index (χ0) is 17.2. The van der Waals surface area contributed by atoms with E-state index in [2.05, 4.69) is 15.3 Å². The molecule has 4 aromatic rings. The number of hydrogen-bond donors (Lipinski definition) is 1. The van der Waals surface area contributed by atoms with Crippen LogP contribution in [0.25, 0.3) is 10.6 Å². The number of thiazole rings is 1. The van der Waals surface area contributed by atoms with Crippen molar-refractivity contribution in [1.29, 1.82) is 0 Å². The Bertz CT molecular complexity index is 956. The second kappa shape index (κ2) is 6.52. The third kappa shape index (κ3) is 3.32. The van der Waals surface area contributed by atoms with Gasteiger partial charge in [0.25, 0.3) is 0 Å². The van der Waals surface area contributed by atoms with Crippen LogP contribution in [0.3, 0.4) is 0 Å². The van der Waals surface area contributed by atoms with Crippen molar-refractivity contribution >= 4 is 22.2 Å². The van der Waals surface area contributed by atoms with Crippen molar-refractivity contribution in [2.24, 2.45) is 0 Å². The number of hydrogen-bond acceptors (Lipinski definition) is 4. The first kappa shape index (κ1) is 15.6. The summed E-state index contributed by atoms with van der Waals surface area (Å²) >= 11 is 1.56. The molecule has 25 heavy (non-hydrogen) atoms. The first-order valence-electron chi connectivity index (χ1n) is 7.98. The van der Waals surface area contributed by atoms with E-state index in [1.807, 2.05) is 64.1 Å². The van der Waals surface area contributed by atoms with Gasteiger partial charge < -0.3 is 9.88 Å². The number of carbonyl (C=O) groups excluding carboxylic acids is 1. The molecule has 0 radical (unpaired) electrons. The number of nitrogens with one attached hydrogen (secondary N) is 1. The fraction of sp³-hybridized carbons (Fsp3) is 0.167. The highest BCUT2D eigenvalue weighted by atomic mass is 32.1. The first-order valence-corrected chi connectivity index (χ1v) is 8.86. The third-order valence-corrected chi connectivity index (χ3v) is 4.83. The topological polar surface area (TPSA) is 64.2 Å². The fourth-order valence-corrected chi connectivity index (χ4v) is 3.47. The van der Waals surface area contributed by atoms with Gasteiger partial charge in [0.1, 0.15) is 0 Å². The number of amides is 1. The largest absolute Gasteiger partial charge is 0.349 e. The quantitative estimate of drug-likeness (QED) is 0.601. The molecule has 0 fully saturated rings. The average Bonchev–Trinajstić information content (AvgIpc) is 3.32. The van der Waals surface area contributed by atoms with Gasteiger partial charge >= 0.3 is 0 Å². The molecule has 0 saturated heterocycles. The van der Waals surface area contributed by atoms with Crippen LogP contribution in [-0.4, -0.2) is 24.8 Å². The molecular formula is C18H17N5OS. The van der Waals surface area contributed by atoms with Crippen LogP contribution in [0.5, 0.6) is 0 Å². The van der Waals surface area contributed by atoms with Gasteiger partial charge in [0, 0.05) is 35.9 Å². The number of rotatable bonds is 5. The molecular weight excluding hydrogens is 334 g/mol. The van der Waals surface area contributed by atoms with Gasteiger partial charge in [-0.1, -0.05) is 12.1 Å². The lowest BCUT2D eigenvalue weighted by Crippen LogP contribution is -2.28. The summed E-state index contributed by atoms with van der Waals surface area (Å²) in [4.78, 5) is 21.7. The molecule has 0 bridgehead atoms. The molecule has 1 amide bonds. The lowest BCUT2D eigenvalue weighted by Gasteiger charge is -2.14. The summed E-state index contributed by atoms with van der Waals surface area (Å²) in [6, 6.07) is 8.01. The smallest absolute Gasteiger partial charge is 0.226 e. The van der Waals surface area contributed by atoms with Gasteiger partial charge in [-0.2, -0.15) is 0 Å². The van der Waals surface area contributed by atoms with Crippen LogP contribution in [0.2, 0.25) is 0 Å². The van der Waals surface area contributed by atoms with Crippen LogP contribution in [-0.2, 0) is 11.2 Å². The molecule has 126 valence electrons. The van der Waals surface area contributed by atoms with Crippen molar-refractivity contribution in [2.75, 3.05) is 0 Å². The molecule has 0 unspecified atom stereocenters. The number of carbonyl (C=O) groups is 1. The summed E-state index contributed by atoms with van der Waals surface area (Å²) in [7, 11) is 0. The molecule has 7 heteroatoms. The first-order chi connectivity index (χ1) is 12.2. The maximum absolute atomic E-state index is 12.3. The van der Waals surface area contributed by atoms with Gasteiger partial charge in [-0.05, 0) is 24.6 Å². The second-order valence-corrected chi connectivity index (χ2v) is 6.73. The Morgan fingerprint density at radius 1 is 1.28 bits per heavy atom. The highest BCUT2D eigenvalue weighted by Crippen LogP contribution is 2.16. The maximum atomic E-state index is 12.3. The molecule has 3 heterocycles. The molecule has 3 aromatic heterocycles. The minimum absolute atomic E-state index is 0.0306. The Morgan fingerprint density at radius 3 is 2.84 bits per heavy atom. The third-order valence-electron chi connectivity index (χ3n) is 4.06. The molecule has 0 aliphatic rings. The summed E-state index contributed by atoms with van der Waals surface area (Å²) in [6.45, 7) is 1.98. The standard InChI is InChI=1S/C18H17N5OS/c1-13(14-2-4-16(5-3-14)23-7-6-19-12-23)20-17(24)10-15-11-22-8-9-25-18(22)21-15/h2-9,11-13H,10H2,1H3,(H,20,24)/t13-/m1/s1. The summed E-state index contributed by atoms with van der Waals surface area (Å²) in [6.07, 6.45) is 9.53. The fourth-order valence-electron chi connectivity index (χ4n) is 2.75. The zero-order valence-electron chi connectivity index (χ0n) is 13.7. The number of nitrogens with zero attached hydrogens (tertiary/aromatic N) is 4. The van der Waals surface area contributed by atoms with Gasteiger partial charge in [0.2, 0.25) is 5.91 Å². The zero-order valence-corrected chi connectivity index (χ0v) is 14.5. The van der Waals surface area contributed by atoms with E-state index in [9.17, 15) is 4.79 Å². The van der Waals surface area contributed by atoms with E-state index in [-0.39, 0.29) is 18.4 Å². The maximum Gasteiger partial charge on any atom is 0.226 e. The SMILES string of the molecule is C[C@@H](NC(=O)Cc1cn2ccsc2n1)c1ccc(-n2ccnc2)cc1. The average molecular weight is 351 g/mol. The molecule has 4 rings (SSSR count). The van der Waals surface area contributed by atoms with Crippen molar-refractivity contribution in [1.82, 2.24) is 24.3 Å². The van der Waals surface area contributed by atoms with Gasteiger partial charge in [0.15, 0.2) is 4.96 Å². The number of imidazole rings is 2. The molecule has 0 spiro atoms. The molecule has 1 N–H and O–H groups in total. The number of aromatic nitrogens is 4. The van der Waals surface area contributed by atoms with E-state index in [4.69, 9.17) is 0 Å². The van der Waals surface area contributed by atoms with Crippen LogP contribution in [0.4, 0.5) is 0 Å². The van der Waals surface area contributed by atoms with E-state index in [0.717, 1.165) is 21.9 Å². The van der Waals surface area contributed by atoms with E-state index in [1.165, 1.54) is 0 Å². The Morgan fingerprint density at radius 2 is 2.12 bits per heavy atom. The van der Waals surface area contributed by atoms with E-state index in [1.54, 1.807) is 23.9 Å². The monoisotopic (exact) mass is 351 g/mol. The summed E-state index contributed by atoms with van der Waals surface area (Å²) in [5.41, 5.74) is 2.88. The van der Waals surface area contributed by atoms with Gasteiger partial charge in [-0.15, -0.1) is 11.3 Å². The second-order valence-electron chi connectivity index (χ2n) is 5.85. The van der Waals surface area contributed by atoms with Gasteiger partial charge in [-0.3, -0.25) is 9.20 Å². The van der Waals surface area contributed by atoms with Gasteiger partial charge in [0.05, 0.1) is 24.5 Å². The molecule has 0 aliphatic carbocycles. The van der Waals surface area contributed by atoms with E-state index < -0.39 is 0 Å². The summed E-state index contributed by atoms with van der Waals surface area (Å²) in [5.74, 6) is -0.0306. The minimum atomic E-state index is -0.0620. The Labute approximate surface area is 148 Å². The highest BCUT2D eigenvalue weighted by molar-refractivity contribution is 7.15. The lowest BCUT2D eigenvalue weighted by atomic mass is 10.1. The number of benzene rings is 1. The van der Waals surface area contributed by atoms with Crippen molar-refractivity contribution in [3.8, 4) is 5.69 Å².